The number of hydrogen-bond donors (Lipinski definition) is 1. The summed E-state index contributed by atoms with van der Waals surface area (Å²) < 4.78 is 6.69. The third kappa shape index (κ3) is 1.84. The molecule has 0 fully saturated rings. The first kappa shape index (κ1) is 10.8. The summed E-state index contributed by atoms with van der Waals surface area (Å²) in [6, 6.07) is 7.24. The van der Waals surface area contributed by atoms with Crippen LogP contribution in [0.1, 0.15) is 0 Å². The van der Waals surface area contributed by atoms with Crippen molar-refractivity contribution < 1.29 is 4.74 Å². The highest BCUT2D eigenvalue weighted by atomic mass is 35.5. The zero-order valence-electron chi connectivity index (χ0n) is 9.07. The molecule has 0 atom stereocenters. The molecule has 0 aliphatic rings. The molecule has 1 heterocycles. The van der Waals surface area contributed by atoms with Crippen LogP contribution < -0.4 is 10.5 Å². The minimum absolute atomic E-state index is 0.595. The summed E-state index contributed by atoms with van der Waals surface area (Å²) in [6.45, 7) is 0. The Morgan fingerprint density at radius 3 is 2.62 bits per heavy atom. The highest BCUT2D eigenvalue weighted by Gasteiger charge is 2.09. The SMILES string of the molecule is COc1ccc(-c2cc(N)n(C)n2)c(Cl)c1. The van der Waals surface area contributed by atoms with Gasteiger partial charge in [-0.15, -0.1) is 0 Å². The van der Waals surface area contributed by atoms with Gasteiger partial charge in [0.2, 0.25) is 0 Å². The van der Waals surface area contributed by atoms with E-state index in [1.54, 1.807) is 31.0 Å². The van der Waals surface area contributed by atoms with E-state index in [0.717, 1.165) is 17.0 Å². The lowest BCUT2D eigenvalue weighted by Crippen LogP contribution is -1.96. The van der Waals surface area contributed by atoms with Crippen LogP contribution in [0.5, 0.6) is 5.75 Å². The normalized spacial score (nSPS) is 10.4. The fraction of sp³-hybridized carbons (Fsp3) is 0.182. The second-order valence-electron chi connectivity index (χ2n) is 3.42. The van der Waals surface area contributed by atoms with E-state index in [9.17, 15) is 0 Å². The summed E-state index contributed by atoms with van der Waals surface area (Å²) in [6.07, 6.45) is 0. The molecule has 0 bridgehead atoms. The number of anilines is 1. The third-order valence-electron chi connectivity index (χ3n) is 2.37. The van der Waals surface area contributed by atoms with Crippen molar-refractivity contribution in [2.75, 3.05) is 12.8 Å². The van der Waals surface area contributed by atoms with E-state index in [1.807, 2.05) is 12.1 Å². The molecule has 0 radical (unpaired) electrons. The van der Waals surface area contributed by atoms with Crippen molar-refractivity contribution in [1.82, 2.24) is 9.78 Å². The summed E-state index contributed by atoms with van der Waals surface area (Å²) in [5.74, 6) is 1.32. The Morgan fingerprint density at radius 2 is 2.12 bits per heavy atom. The lowest BCUT2D eigenvalue weighted by molar-refractivity contribution is 0.415. The molecule has 0 spiro atoms. The molecule has 2 aromatic rings. The predicted molar refractivity (Wildman–Crippen MR) is 64.6 cm³/mol. The van der Waals surface area contributed by atoms with Gasteiger partial charge in [0.05, 0.1) is 17.8 Å². The maximum absolute atomic E-state index is 6.13. The van der Waals surface area contributed by atoms with Gasteiger partial charge < -0.3 is 10.5 Å². The standard InChI is InChI=1S/C11H12ClN3O/c1-15-11(13)6-10(14-15)8-4-3-7(16-2)5-9(8)12/h3-6H,13H2,1-2H3. The van der Waals surface area contributed by atoms with Crippen LogP contribution in [0.2, 0.25) is 5.02 Å². The highest BCUT2D eigenvalue weighted by molar-refractivity contribution is 6.33. The Hall–Kier alpha value is -1.68. The van der Waals surface area contributed by atoms with Crippen molar-refractivity contribution in [2.45, 2.75) is 0 Å². The molecular weight excluding hydrogens is 226 g/mol. The zero-order chi connectivity index (χ0) is 11.7. The number of benzene rings is 1. The number of rotatable bonds is 2. The molecule has 0 aliphatic heterocycles. The van der Waals surface area contributed by atoms with Crippen LogP contribution in [0.15, 0.2) is 24.3 Å². The van der Waals surface area contributed by atoms with Gasteiger partial charge in [-0.25, -0.2) is 0 Å². The van der Waals surface area contributed by atoms with Crippen LogP contribution in [-0.2, 0) is 7.05 Å². The molecule has 0 saturated heterocycles. The van der Waals surface area contributed by atoms with E-state index in [4.69, 9.17) is 22.1 Å². The second kappa shape index (κ2) is 4.06. The number of aromatic nitrogens is 2. The van der Waals surface area contributed by atoms with Crippen LogP contribution in [0.3, 0.4) is 0 Å². The van der Waals surface area contributed by atoms with Gasteiger partial charge in [-0.1, -0.05) is 11.6 Å². The number of ether oxygens (including phenoxy) is 1. The van der Waals surface area contributed by atoms with Crippen molar-refractivity contribution in [3.63, 3.8) is 0 Å². The Bertz CT molecular complexity index is 502. The Morgan fingerprint density at radius 1 is 1.38 bits per heavy atom. The topological polar surface area (TPSA) is 53.1 Å². The zero-order valence-corrected chi connectivity index (χ0v) is 9.82. The molecular formula is C11H12ClN3O. The van der Waals surface area contributed by atoms with Crippen LogP contribution in [-0.4, -0.2) is 16.9 Å². The van der Waals surface area contributed by atoms with E-state index in [1.165, 1.54) is 0 Å². The molecule has 4 nitrogen and oxygen atoms in total. The first-order valence-electron chi connectivity index (χ1n) is 4.75. The minimum atomic E-state index is 0.595. The lowest BCUT2D eigenvalue weighted by atomic mass is 10.1. The molecule has 1 aromatic carbocycles. The van der Waals surface area contributed by atoms with E-state index in [2.05, 4.69) is 5.10 Å². The number of aryl methyl sites for hydroxylation is 1. The van der Waals surface area contributed by atoms with Crippen molar-refractivity contribution in [3.05, 3.63) is 29.3 Å². The van der Waals surface area contributed by atoms with Crippen LogP contribution >= 0.6 is 11.6 Å². The van der Waals surface area contributed by atoms with E-state index >= 15 is 0 Å². The van der Waals surface area contributed by atoms with Crippen LogP contribution in [0.25, 0.3) is 11.3 Å². The number of hydrogen-bond acceptors (Lipinski definition) is 3. The van der Waals surface area contributed by atoms with Crippen molar-refractivity contribution in [2.24, 2.45) is 7.05 Å². The molecule has 1 aromatic heterocycles. The predicted octanol–water partition coefficient (Wildman–Crippen LogP) is 2.33. The summed E-state index contributed by atoms with van der Waals surface area (Å²) in [5, 5.41) is 4.86. The third-order valence-corrected chi connectivity index (χ3v) is 2.68. The number of nitrogen functional groups attached to an aromatic ring is 1. The Kier molecular flexibility index (Phi) is 2.75. The maximum Gasteiger partial charge on any atom is 0.121 e. The number of methoxy groups -OCH3 is 1. The average molecular weight is 238 g/mol. The second-order valence-corrected chi connectivity index (χ2v) is 3.83. The number of halogens is 1. The van der Waals surface area contributed by atoms with E-state index in [-0.39, 0.29) is 0 Å². The highest BCUT2D eigenvalue weighted by Crippen LogP contribution is 2.30. The van der Waals surface area contributed by atoms with Gasteiger partial charge in [0, 0.05) is 18.7 Å². The molecule has 0 amide bonds. The van der Waals surface area contributed by atoms with Crippen LogP contribution in [0, 0.1) is 0 Å². The molecule has 2 N–H and O–H groups in total. The maximum atomic E-state index is 6.13. The average Bonchev–Trinajstić information content (AvgIpc) is 2.58. The minimum Gasteiger partial charge on any atom is -0.497 e. The number of nitrogens with two attached hydrogens (primary N) is 1. The monoisotopic (exact) mass is 237 g/mol. The Balaban J connectivity index is 2.48. The molecule has 84 valence electrons. The van der Waals surface area contributed by atoms with Crippen molar-refractivity contribution in [3.8, 4) is 17.0 Å². The van der Waals surface area contributed by atoms with Gasteiger partial charge >= 0.3 is 0 Å². The fourth-order valence-electron chi connectivity index (χ4n) is 1.44. The molecule has 0 saturated carbocycles. The first-order valence-corrected chi connectivity index (χ1v) is 5.13. The quantitative estimate of drug-likeness (QED) is 0.872. The van der Waals surface area contributed by atoms with Gasteiger partial charge in [-0.2, -0.15) is 5.10 Å². The van der Waals surface area contributed by atoms with E-state index in [0.29, 0.717) is 10.8 Å². The molecule has 16 heavy (non-hydrogen) atoms. The van der Waals surface area contributed by atoms with E-state index < -0.39 is 0 Å². The summed E-state index contributed by atoms with van der Waals surface area (Å²) in [5.41, 5.74) is 7.32. The summed E-state index contributed by atoms with van der Waals surface area (Å²) in [4.78, 5) is 0. The molecule has 0 unspecified atom stereocenters. The summed E-state index contributed by atoms with van der Waals surface area (Å²) in [7, 11) is 3.39. The lowest BCUT2D eigenvalue weighted by Gasteiger charge is -2.03. The smallest absolute Gasteiger partial charge is 0.121 e. The summed E-state index contributed by atoms with van der Waals surface area (Å²) >= 11 is 6.13. The van der Waals surface area contributed by atoms with Gasteiger partial charge in [-0.05, 0) is 18.2 Å². The first-order chi connectivity index (χ1) is 7.61. The molecule has 0 aliphatic carbocycles. The molecule has 5 heteroatoms. The van der Waals surface area contributed by atoms with Gasteiger partial charge in [0.1, 0.15) is 11.6 Å². The van der Waals surface area contributed by atoms with Gasteiger partial charge in [0.25, 0.3) is 0 Å². The largest absolute Gasteiger partial charge is 0.497 e. The van der Waals surface area contributed by atoms with Gasteiger partial charge in [-0.3, -0.25) is 4.68 Å². The van der Waals surface area contributed by atoms with Crippen molar-refractivity contribution in [1.29, 1.82) is 0 Å². The fourth-order valence-corrected chi connectivity index (χ4v) is 1.71. The van der Waals surface area contributed by atoms with Crippen molar-refractivity contribution >= 4 is 17.4 Å². The van der Waals surface area contributed by atoms with Gasteiger partial charge in [0.15, 0.2) is 0 Å². The Labute approximate surface area is 98.6 Å². The molecule has 2 rings (SSSR count). The number of nitrogens with zero attached hydrogens (tertiary/aromatic N) is 2. The van der Waals surface area contributed by atoms with Crippen LogP contribution in [0.4, 0.5) is 5.82 Å².